The molecule has 0 spiro atoms. The van der Waals surface area contributed by atoms with E-state index in [0.29, 0.717) is 43.3 Å². The average molecular weight is 577 g/mol. The van der Waals surface area contributed by atoms with E-state index in [4.69, 9.17) is 0 Å². The molecule has 10 heteroatoms. The zero-order chi connectivity index (χ0) is 28.8. The Labute approximate surface area is 230 Å². The lowest BCUT2D eigenvalue weighted by Gasteiger charge is -2.34. The smallest absolute Gasteiger partial charge is 0.265 e. The first-order chi connectivity index (χ1) is 17.8. The van der Waals surface area contributed by atoms with E-state index >= 15 is 0 Å². The number of carbonyl (C=O) groups is 2. The van der Waals surface area contributed by atoms with E-state index in [1.54, 1.807) is 0 Å². The molecule has 5 aliphatic carbocycles. The van der Waals surface area contributed by atoms with Crippen molar-refractivity contribution in [2.75, 3.05) is 11.5 Å². The summed E-state index contributed by atoms with van der Waals surface area (Å²) < 4.78 is 66.4. The molecule has 0 aromatic carbocycles. The highest BCUT2D eigenvalue weighted by atomic mass is 32.2. The third kappa shape index (κ3) is 4.21. The first-order valence-electron chi connectivity index (χ1n) is 13.4. The minimum atomic E-state index is -4.33. The van der Waals surface area contributed by atoms with Crippen LogP contribution in [0.3, 0.4) is 0 Å². The SMILES string of the molecule is CC1(C)C2CCC1(CS(=O)(=O)O)C(=O)/C2=C/C1=CCC=C(/C=C2/C(=O)C3(CS(=O)(=O)O)CCC2C3(C)C)C=C1. The molecular formula is C29H36O8S2. The molecule has 4 atom stereocenters. The van der Waals surface area contributed by atoms with Gasteiger partial charge in [0.2, 0.25) is 0 Å². The predicted octanol–water partition coefficient (Wildman–Crippen LogP) is 4.44. The maximum absolute atomic E-state index is 13.5. The highest BCUT2D eigenvalue weighted by Crippen LogP contribution is 2.67. The molecule has 8 nitrogen and oxygen atoms in total. The van der Waals surface area contributed by atoms with Gasteiger partial charge in [-0.05, 0) is 89.2 Å². The van der Waals surface area contributed by atoms with Gasteiger partial charge in [0.05, 0.1) is 22.3 Å². The topological polar surface area (TPSA) is 143 Å². The summed E-state index contributed by atoms with van der Waals surface area (Å²) >= 11 is 0. The molecule has 0 radical (unpaired) electrons. The van der Waals surface area contributed by atoms with E-state index < -0.39 is 53.4 Å². The molecule has 0 heterocycles. The molecule has 5 rings (SSSR count). The molecular weight excluding hydrogens is 540 g/mol. The van der Waals surface area contributed by atoms with Crippen molar-refractivity contribution in [3.05, 3.63) is 58.7 Å². The van der Waals surface area contributed by atoms with Gasteiger partial charge < -0.3 is 0 Å². The predicted molar refractivity (Wildman–Crippen MR) is 147 cm³/mol. The molecule has 0 aromatic heterocycles. The normalized spacial score (nSPS) is 37.1. The van der Waals surface area contributed by atoms with Crippen LogP contribution in [0.15, 0.2) is 58.7 Å². The Morgan fingerprint density at radius 2 is 1.10 bits per heavy atom. The number of Topliss-reactive ketones (excluding diaryl/α,β-unsaturated/α-hetero) is 2. The van der Waals surface area contributed by atoms with Crippen LogP contribution in [0.25, 0.3) is 0 Å². The van der Waals surface area contributed by atoms with Crippen LogP contribution in [0.5, 0.6) is 0 Å². The first-order valence-corrected chi connectivity index (χ1v) is 16.6. The Bertz CT molecular complexity index is 1420. The Hall–Kier alpha value is -2.14. The number of ketones is 2. The van der Waals surface area contributed by atoms with Crippen LogP contribution in [0.4, 0.5) is 0 Å². The summed E-state index contributed by atoms with van der Waals surface area (Å²) in [6.45, 7) is 7.61. The molecule has 0 saturated heterocycles. The van der Waals surface area contributed by atoms with Gasteiger partial charge in [-0.3, -0.25) is 18.7 Å². The monoisotopic (exact) mass is 576 g/mol. The molecule has 0 aromatic rings. The van der Waals surface area contributed by atoms with E-state index in [2.05, 4.69) is 0 Å². The molecule has 0 amide bonds. The second-order valence-corrected chi connectivity index (χ2v) is 16.0. The summed E-state index contributed by atoms with van der Waals surface area (Å²) in [6.07, 6.45) is 14.1. The van der Waals surface area contributed by atoms with Crippen LogP contribution in [0.1, 0.15) is 59.8 Å². The maximum Gasteiger partial charge on any atom is 0.265 e. The van der Waals surface area contributed by atoms with Gasteiger partial charge >= 0.3 is 0 Å². The summed E-state index contributed by atoms with van der Waals surface area (Å²) in [6, 6.07) is 0. The Kier molecular flexibility index (Phi) is 6.32. The quantitative estimate of drug-likeness (QED) is 0.349. The molecule has 212 valence electrons. The second kappa shape index (κ2) is 8.68. The summed E-state index contributed by atoms with van der Waals surface area (Å²) in [4.78, 5) is 27.0. The van der Waals surface area contributed by atoms with Gasteiger partial charge in [0, 0.05) is 0 Å². The lowest BCUT2D eigenvalue weighted by atomic mass is 9.70. The van der Waals surface area contributed by atoms with Crippen molar-refractivity contribution in [1.29, 1.82) is 0 Å². The van der Waals surface area contributed by atoms with Gasteiger partial charge in [-0.15, -0.1) is 0 Å². The number of rotatable bonds is 6. The average Bonchev–Trinajstić information content (AvgIpc) is 3.18. The van der Waals surface area contributed by atoms with Gasteiger partial charge in [0.15, 0.2) is 11.6 Å². The van der Waals surface area contributed by atoms with Crippen molar-refractivity contribution in [2.45, 2.75) is 59.8 Å². The Morgan fingerprint density at radius 1 is 0.744 bits per heavy atom. The van der Waals surface area contributed by atoms with E-state index in [0.717, 1.165) is 11.1 Å². The molecule has 5 aliphatic rings. The summed E-state index contributed by atoms with van der Waals surface area (Å²) in [5, 5.41) is 0. The van der Waals surface area contributed by atoms with E-state index in [1.807, 2.05) is 64.2 Å². The molecule has 4 unspecified atom stereocenters. The largest absolute Gasteiger partial charge is 0.294 e. The van der Waals surface area contributed by atoms with Gasteiger partial charge in [0.25, 0.3) is 20.2 Å². The molecule has 4 bridgehead atoms. The molecule has 4 fully saturated rings. The number of fused-ring (bicyclic) bond motifs is 4. The van der Waals surface area contributed by atoms with E-state index in [1.165, 1.54) is 0 Å². The van der Waals surface area contributed by atoms with Crippen molar-refractivity contribution in [2.24, 2.45) is 33.5 Å². The highest BCUT2D eigenvalue weighted by molar-refractivity contribution is 7.86. The first kappa shape index (κ1) is 28.4. The highest BCUT2D eigenvalue weighted by Gasteiger charge is 2.68. The summed E-state index contributed by atoms with van der Waals surface area (Å²) in [5.74, 6) is -1.78. The van der Waals surface area contributed by atoms with Crippen LogP contribution in [0, 0.1) is 33.5 Å². The van der Waals surface area contributed by atoms with Crippen molar-refractivity contribution < 1.29 is 35.5 Å². The van der Waals surface area contributed by atoms with Crippen molar-refractivity contribution >= 4 is 31.8 Å². The fourth-order valence-corrected chi connectivity index (χ4v) is 11.0. The zero-order valence-corrected chi connectivity index (χ0v) is 24.4. The van der Waals surface area contributed by atoms with Gasteiger partial charge in [-0.1, -0.05) is 52.0 Å². The Morgan fingerprint density at radius 3 is 1.44 bits per heavy atom. The number of carbonyl (C=O) groups excluding carboxylic acids is 2. The summed E-state index contributed by atoms with van der Waals surface area (Å²) in [7, 11) is -8.67. The van der Waals surface area contributed by atoms with Crippen molar-refractivity contribution in [1.82, 2.24) is 0 Å². The third-order valence-electron chi connectivity index (χ3n) is 10.8. The van der Waals surface area contributed by atoms with Crippen LogP contribution >= 0.6 is 0 Å². The van der Waals surface area contributed by atoms with Gasteiger partial charge in [-0.2, -0.15) is 16.8 Å². The number of allylic oxidation sites excluding steroid dienone is 10. The maximum atomic E-state index is 13.5. The number of hydrogen-bond acceptors (Lipinski definition) is 6. The molecule has 2 N–H and O–H groups in total. The van der Waals surface area contributed by atoms with Crippen molar-refractivity contribution in [3.63, 3.8) is 0 Å². The lowest BCUT2D eigenvalue weighted by molar-refractivity contribution is -0.126. The van der Waals surface area contributed by atoms with Crippen LogP contribution in [-0.4, -0.2) is 49.0 Å². The zero-order valence-electron chi connectivity index (χ0n) is 22.7. The lowest BCUT2D eigenvalue weighted by Crippen LogP contribution is -2.42. The van der Waals surface area contributed by atoms with Crippen molar-refractivity contribution in [3.8, 4) is 0 Å². The fourth-order valence-electron chi connectivity index (χ4n) is 8.42. The van der Waals surface area contributed by atoms with E-state index in [-0.39, 0.29) is 23.4 Å². The molecule has 39 heavy (non-hydrogen) atoms. The van der Waals surface area contributed by atoms with Gasteiger partial charge in [-0.25, -0.2) is 0 Å². The van der Waals surface area contributed by atoms with Gasteiger partial charge in [0.1, 0.15) is 0 Å². The molecule has 0 aliphatic heterocycles. The molecule has 4 saturated carbocycles. The minimum Gasteiger partial charge on any atom is -0.294 e. The standard InChI is InChI=1S/C29H36O8S2/c1-26(2)22-10-12-28(26,16-38(32,33)34)24(30)20(22)14-18-6-5-7-19(9-8-18)15-21-23-11-13-29(25(21)31,27(23,3)4)17-39(35,36)37/h6-9,14-15,22-23H,5,10-13,16-17H2,1-4H3,(H,32,33,34)(H,35,36,37)/b20-14+,21-15+. The minimum absolute atomic E-state index is 0.105. The second-order valence-electron chi connectivity index (χ2n) is 13.1. The Balaban J connectivity index is 1.41. The van der Waals surface area contributed by atoms with E-state index in [9.17, 15) is 35.5 Å². The van der Waals surface area contributed by atoms with Crippen LogP contribution in [-0.2, 0) is 29.8 Å². The number of hydrogen-bond donors (Lipinski definition) is 2. The fraction of sp³-hybridized carbons (Fsp3) is 0.586. The van der Waals surface area contributed by atoms with Crippen LogP contribution < -0.4 is 0 Å². The van der Waals surface area contributed by atoms with Crippen LogP contribution in [0.2, 0.25) is 0 Å². The third-order valence-corrected chi connectivity index (χ3v) is 12.5. The summed E-state index contributed by atoms with van der Waals surface area (Å²) in [5.41, 5.74) is -0.677.